The summed E-state index contributed by atoms with van der Waals surface area (Å²) in [7, 11) is 0. The van der Waals surface area contributed by atoms with Crippen molar-refractivity contribution in [2.24, 2.45) is 0 Å². The van der Waals surface area contributed by atoms with Gasteiger partial charge in [-0.1, -0.05) is 12.1 Å². The maximum absolute atomic E-state index is 12.2. The molecule has 1 aliphatic carbocycles. The number of hydrogen-bond acceptors (Lipinski definition) is 4. The van der Waals surface area contributed by atoms with Crippen LogP contribution in [0.15, 0.2) is 48.5 Å². The Morgan fingerprint density at radius 3 is 2.63 bits per heavy atom. The van der Waals surface area contributed by atoms with Gasteiger partial charge in [0.1, 0.15) is 13.2 Å². The molecule has 2 aromatic rings. The van der Waals surface area contributed by atoms with Crippen LogP contribution in [-0.4, -0.2) is 31.1 Å². The van der Waals surface area contributed by atoms with Gasteiger partial charge in [-0.15, -0.1) is 0 Å². The molecule has 2 N–H and O–H groups in total. The summed E-state index contributed by atoms with van der Waals surface area (Å²) in [6.07, 6.45) is 5.22. The van der Waals surface area contributed by atoms with Crippen molar-refractivity contribution in [3.63, 3.8) is 0 Å². The maximum atomic E-state index is 12.2. The third-order valence-electron chi connectivity index (χ3n) is 4.30. The number of nitrogens with one attached hydrogen (secondary N) is 2. The molecule has 0 atom stereocenters. The van der Waals surface area contributed by atoms with Crippen molar-refractivity contribution in [1.82, 2.24) is 5.32 Å². The van der Waals surface area contributed by atoms with Crippen LogP contribution in [0.25, 0.3) is 6.08 Å². The summed E-state index contributed by atoms with van der Waals surface area (Å²) in [5.74, 6) is 1.01. The van der Waals surface area contributed by atoms with Crippen molar-refractivity contribution in [3.8, 4) is 11.5 Å². The van der Waals surface area contributed by atoms with Gasteiger partial charge >= 0.3 is 0 Å². The third-order valence-corrected chi connectivity index (χ3v) is 4.30. The van der Waals surface area contributed by atoms with E-state index in [9.17, 15) is 9.59 Å². The Bertz CT molecular complexity index is 903. The fourth-order valence-corrected chi connectivity index (χ4v) is 2.75. The van der Waals surface area contributed by atoms with Crippen LogP contribution in [0.3, 0.4) is 0 Å². The first kappa shape index (κ1) is 17.1. The van der Waals surface area contributed by atoms with E-state index < -0.39 is 0 Å². The topological polar surface area (TPSA) is 76.7 Å². The van der Waals surface area contributed by atoms with Crippen LogP contribution in [0.2, 0.25) is 0 Å². The Labute approximate surface area is 157 Å². The highest BCUT2D eigenvalue weighted by molar-refractivity contribution is 6.03. The lowest BCUT2D eigenvalue weighted by atomic mass is 10.1. The molecule has 2 amide bonds. The standard InChI is InChI=1S/C21H20N2O4/c24-20(9-5-14-4-8-18-19(12-14)27-11-10-26-18)22-17-3-1-2-15(13-17)21(25)23-16-6-7-16/h1-5,8-9,12-13,16H,6-7,10-11H2,(H,22,24)(H,23,25)/b9-5+. The quantitative estimate of drug-likeness (QED) is 0.800. The second kappa shape index (κ2) is 7.53. The van der Waals surface area contributed by atoms with Gasteiger partial charge in [0.25, 0.3) is 5.91 Å². The van der Waals surface area contributed by atoms with E-state index in [-0.39, 0.29) is 11.8 Å². The Hall–Kier alpha value is -3.28. The molecule has 0 radical (unpaired) electrons. The van der Waals surface area contributed by atoms with Gasteiger partial charge in [0.05, 0.1) is 0 Å². The molecule has 0 unspecified atom stereocenters. The molecule has 0 spiro atoms. The average molecular weight is 364 g/mol. The molecule has 138 valence electrons. The normalized spacial score (nSPS) is 15.4. The van der Waals surface area contributed by atoms with E-state index in [4.69, 9.17) is 9.47 Å². The first-order chi connectivity index (χ1) is 13.2. The Kier molecular flexibility index (Phi) is 4.78. The molecular formula is C21H20N2O4. The van der Waals surface area contributed by atoms with Gasteiger partial charge in [-0.2, -0.15) is 0 Å². The first-order valence-electron chi connectivity index (χ1n) is 8.97. The van der Waals surface area contributed by atoms with Gasteiger partial charge in [-0.05, 0) is 54.8 Å². The molecule has 4 rings (SSSR count). The minimum atomic E-state index is -0.273. The molecule has 1 saturated carbocycles. The van der Waals surface area contributed by atoms with E-state index >= 15 is 0 Å². The van der Waals surface area contributed by atoms with Gasteiger partial charge in [0.15, 0.2) is 11.5 Å². The van der Waals surface area contributed by atoms with Crippen LogP contribution in [0, 0.1) is 0 Å². The minimum Gasteiger partial charge on any atom is -0.486 e. The second-order valence-electron chi connectivity index (χ2n) is 6.55. The van der Waals surface area contributed by atoms with Crippen LogP contribution in [0.1, 0.15) is 28.8 Å². The number of rotatable bonds is 5. The number of anilines is 1. The lowest BCUT2D eigenvalue weighted by Crippen LogP contribution is -2.25. The zero-order chi connectivity index (χ0) is 18.6. The molecule has 2 aromatic carbocycles. The van der Waals surface area contributed by atoms with Gasteiger partial charge in [0.2, 0.25) is 5.91 Å². The summed E-state index contributed by atoms with van der Waals surface area (Å²) in [6, 6.07) is 12.7. The maximum Gasteiger partial charge on any atom is 0.251 e. The van der Waals surface area contributed by atoms with E-state index in [0.717, 1.165) is 18.4 Å². The highest BCUT2D eigenvalue weighted by atomic mass is 16.6. The molecule has 6 nitrogen and oxygen atoms in total. The number of benzene rings is 2. The van der Waals surface area contributed by atoms with Gasteiger partial charge in [-0.25, -0.2) is 0 Å². The molecule has 1 heterocycles. The molecule has 0 aromatic heterocycles. The van der Waals surface area contributed by atoms with Crippen molar-refractivity contribution in [3.05, 3.63) is 59.7 Å². The molecule has 2 aliphatic rings. The first-order valence-corrected chi connectivity index (χ1v) is 8.97. The van der Waals surface area contributed by atoms with E-state index in [0.29, 0.717) is 42.0 Å². The van der Waals surface area contributed by atoms with E-state index in [2.05, 4.69) is 10.6 Å². The highest BCUT2D eigenvalue weighted by Gasteiger charge is 2.23. The SMILES string of the molecule is O=C(/C=C/c1ccc2c(c1)OCCO2)Nc1cccc(C(=O)NC2CC2)c1. The second-order valence-corrected chi connectivity index (χ2v) is 6.55. The highest BCUT2D eigenvalue weighted by Crippen LogP contribution is 2.31. The van der Waals surface area contributed by atoms with Crippen molar-refractivity contribution < 1.29 is 19.1 Å². The molecular weight excluding hydrogens is 344 g/mol. The lowest BCUT2D eigenvalue weighted by Gasteiger charge is -2.18. The van der Waals surface area contributed by atoms with Gasteiger partial charge < -0.3 is 20.1 Å². The number of ether oxygens (including phenoxy) is 2. The van der Waals surface area contributed by atoms with Gasteiger partial charge in [0, 0.05) is 23.4 Å². The van der Waals surface area contributed by atoms with Crippen LogP contribution < -0.4 is 20.1 Å². The number of amides is 2. The van der Waals surface area contributed by atoms with Gasteiger partial charge in [-0.3, -0.25) is 9.59 Å². The summed E-state index contributed by atoms with van der Waals surface area (Å²) in [6.45, 7) is 1.06. The molecule has 0 bridgehead atoms. The van der Waals surface area contributed by atoms with E-state index in [1.165, 1.54) is 6.08 Å². The van der Waals surface area contributed by atoms with Crippen LogP contribution in [-0.2, 0) is 4.79 Å². The molecule has 27 heavy (non-hydrogen) atoms. The fourth-order valence-electron chi connectivity index (χ4n) is 2.75. The third kappa shape index (κ3) is 4.47. The molecule has 1 fully saturated rings. The summed E-state index contributed by atoms with van der Waals surface area (Å²) in [4.78, 5) is 24.3. The zero-order valence-corrected chi connectivity index (χ0v) is 14.7. The Morgan fingerprint density at radius 1 is 1.00 bits per heavy atom. The van der Waals surface area contributed by atoms with E-state index in [1.54, 1.807) is 30.3 Å². The van der Waals surface area contributed by atoms with Crippen molar-refractivity contribution in [2.45, 2.75) is 18.9 Å². The van der Waals surface area contributed by atoms with E-state index in [1.807, 2.05) is 18.2 Å². The number of carbonyl (C=O) groups is 2. The summed E-state index contributed by atoms with van der Waals surface area (Å²) < 4.78 is 11.0. The van der Waals surface area contributed by atoms with Crippen LogP contribution >= 0.6 is 0 Å². The summed E-state index contributed by atoms with van der Waals surface area (Å²) >= 11 is 0. The average Bonchev–Trinajstić information content (AvgIpc) is 3.50. The number of carbonyl (C=O) groups excluding carboxylic acids is 2. The van der Waals surface area contributed by atoms with Crippen molar-refractivity contribution in [2.75, 3.05) is 18.5 Å². The predicted octanol–water partition coefficient (Wildman–Crippen LogP) is 3.00. The minimum absolute atomic E-state index is 0.111. The Morgan fingerprint density at radius 2 is 1.81 bits per heavy atom. The zero-order valence-electron chi connectivity index (χ0n) is 14.7. The monoisotopic (exact) mass is 364 g/mol. The van der Waals surface area contributed by atoms with Crippen LogP contribution in [0.4, 0.5) is 5.69 Å². The molecule has 1 aliphatic heterocycles. The summed E-state index contributed by atoms with van der Waals surface area (Å²) in [5, 5.41) is 5.71. The van der Waals surface area contributed by atoms with Crippen molar-refractivity contribution in [1.29, 1.82) is 0 Å². The predicted molar refractivity (Wildman–Crippen MR) is 102 cm³/mol. The molecule has 6 heteroatoms. The smallest absolute Gasteiger partial charge is 0.251 e. The summed E-state index contributed by atoms with van der Waals surface area (Å²) in [5.41, 5.74) is 1.96. The largest absolute Gasteiger partial charge is 0.486 e. The van der Waals surface area contributed by atoms with Crippen LogP contribution in [0.5, 0.6) is 11.5 Å². The fraction of sp³-hybridized carbons (Fsp3) is 0.238. The van der Waals surface area contributed by atoms with Crippen molar-refractivity contribution >= 4 is 23.6 Å². The lowest BCUT2D eigenvalue weighted by molar-refractivity contribution is -0.111. The Balaban J connectivity index is 1.38. The number of hydrogen-bond donors (Lipinski definition) is 2. The molecule has 0 saturated heterocycles. The number of fused-ring (bicyclic) bond motifs is 1.